The Kier molecular flexibility index (Phi) is 8.22. The van der Waals surface area contributed by atoms with Crippen LogP contribution in [0.25, 0.3) is 0 Å². The third-order valence-electron chi connectivity index (χ3n) is 8.25. The van der Waals surface area contributed by atoms with Crippen LogP contribution in [0.1, 0.15) is 40.2 Å². The molecule has 0 radical (unpaired) electrons. The highest BCUT2D eigenvalue weighted by molar-refractivity contribution is 7.89. The Morgan fingerprint density at radius 1 is 1.12 bits per heavy atom. The summed E-state index contributed by atoms with van der Waals surface area (Å²) < 4.78 is 26.0. The molecule has 0 N–H and O–H groups in total. The fourth-order valence-electron chi connectivity index (χ4n) is 5.07. The van der Waals surface area contributed by atoms with Crippen molar-refractivity contribution in [3.05, 3.63) is 80.9 Å². The molecule has 4 rings (SSSR count). The largest absolute Gasteiger partial charge is 0.456 e. The molecule has 2 aromatic rings. The lowest BCUT2D eigenvalue weighted by molar-refractivity contribution is -0.384. The molecular formula is C29H36N2O7SSi. The van der Waals surface area contributed by atoms with Crippen LogP contribution in [0.3, 0.4) is 0 Å². The lowest BCUT2D eigenvalue weighted by Crippen LogP contribution is -2.65. The Hall–Kier alpha value is -3.15. The van der Waals surface area contributed by atoms with Crippen molar-refractivity contribution in [3.8, 4) is 0 Å². The van der Waals surface area contributed by atoms with Gasteiger partial charge in [0.05, 0.1) is 38.7 Å². The monoisotopic (exact) mass is 584 g/mol. The molecule has 5 atom stereocenters. The molecule has 1 saturated heterocycles. The average Bonchev–Trinajstić information content (AvgIpc) is 3.15. The maximum atomic E-state index is 13.8. The minimum absolute atomic E-state index is 0.0161. The van der Waals surface area contributed by atoms with E-state index in [1.165, 1.54) is 29.2 Å². The summed E-state index contributed by atoms with van der Waals surface area (Å²) in [5, 5.41) is 10.9. The van der Waals surface area contributed by atoms with Crippen molar-refractivity contribution in [1.29, 1.82) is 0 Å². The van der Waals surface area contributed by atoms with Crippen LogP contribution in [0, 0.1) is 22.0 Å². The van der Waals surface area contributed by atoms with E-state index >= 15 is 0 Å². The van der Waals surface area contributed by atoms with Crippen molar-refractivity contribution in [3.63, 3.8) is 0 Å². The second-order valence-electron chi connectivity index (χ2n) is 11.9. The fourth-order valence-corrected chi connectivity index (χ4v) is 7.99. The number of carbonyl (C=O) groups is 2. The van der Waals surface area contributed by atoms with Gasteiger partial charge in [-0.2, -0.15) is 0 Å². The van der Waals surface area contributed by atoms with Crippen LogP contribution in [0.2, 0.25) is 18.1 Å². The molecule has 2 aliphatic rings. The van der Waals surface area contributed by atoms with Gasteiger partial charge in [0.2, 0.25) is 5.91 Å². The summed E-state index contributed by atoms with van der Waals surface area (Å²) in [5.74, 6) is -1.84. The molecule has 2 heterocycles. The fraction of sp³-hybridized carbons (Fsp3) is 0.448. The van der Waals surface area contributed by atoms with Crippen LogP contribution in [-0.4, -0.2) is 46.4 Å². The van der Waals surface area contributed by atoms with Gasteiger partial charge in [-0.3, -0.25) is 14.9 Å². The molecule has 1 fully saturated rings. The zero-order chi connectivity index (χ0) is 29.6. The number of hydrogen-bond acceptors (Lipinski definition) is 7. The molecule has 40 heavy (non-hydrogen) atoms. The Morgan fingerprint density at radius 3 is 2.27 bits per heavy atom. The summed E-state index contributed by atoms with van der Waals surface area (Å²) in [6, 6.07) is 14.1. The third-order valence-corrected chi connectivity index (χ3v) is 14.5. The van der Waals surface area contributed by atoms with Crippen molar-refractivity contribution in [2.45, 2.75) is 76.4 Å². The first-order chi connectivity index (χ1) is 18.7. The lowest BCUT2D eigenvalue weighted by atomic mass is 9.79. The third kappa shape index (κ3) is 5.42. The number of amides is 1. The normalized spacial score (nSPS) is 22.4. The van der Waals surface area contributed by atoms with E-state index in [4.69, 9.17) is 9.16 Å². The number of nitro benzene ring substituents is 1. The van der Waals surface area contributed by atoms with Crippen LogP contribution in [0.15, 0.2) is 70.1 Å². The molecule has 0 spiro atoms. The summed E-state index contributed by atoms with van der Waals surface area (Å²) in [6.07, 6.45) is -0.376. The van der Waals surface area contributed by atoms with Crippen LogP contribution in [-0.2, 0) is 36.2 Å². The minimum Gasteiger partial charge on any atom is -0.456 e. The van der Waals surface area contributed by atoms with E-state index in [9.17, 15) is 23.9 Å². The second kappa shape index (κ2) is 11.0. The first-order valence-corrected chi connectivity index (χ1v) is 17.3. The number of nitrogens with zero attached hydrogens (tertiary/aromatic N) is 2. The van der Waals surface area contributed by atoms with E-state index in [0.717, 1.165) is 0 Å². The first-order valence-electron chi connectivity index (χ1n) is 13.3. The highest BCUT2D eigenvalue weighted by Crippen LogP contribution is 2.50. The van der Waals surface area contributed by atoms with E-state index in [1.807, 2.05) is 19.9 Å². The number of esters is 1. The number of ether oxygens (including phenoxy) is 1. The molecule has 1 unspecified atom stereocenters. The quantitative estimate of drug-likeness (QED) is 0.125. The van der Waals surface area contributed by atoms with Crippen molar-refractivity contribution < 1.29 is 27.9 Å². The van der Waals surface area contributed by atoms with Gasteiger partial charge in [-0.05, 0) is 54.9 Å². The topological polar surface area (TPSA) is 116 Å². The average molecular weight is 585 g/mol. The van der Waals surface area contributed by atoms with E-state index in [2.05, 4.69) is 33.9 Å². The Bertz CT molecular complexity index is 1370. The lowest BCUT2D eigenvalue weighted by Gasteiger charge is -2.50. The van der Waals surface area contributed by atoms with Gasteiger partial charge in [0.15, 0.2) is 8.32 Å². The molecule has 2 aliphatic heterocycles. The molecule has 0 aliphatic carbocycles. The molecule has 1 amide bonds. The molecule has 0 aromatic heterocycles. The van der Waals surface area contributed by atoms with Crippen molar-refractivity contribution in [1.82, 2.24) is 4.90 Å². The number of β-lactam (4-membered cyclic amide) rings is 1. The number of benzene rings is 2. The highest BCUT2D eigenvalue weighted by Gasteiger charge is 2.62. The number of carbonyl (C=O) groups excluding carboxylic acids is 2. The van der Waals surface area contributed by atoms with Crippen molar-refractivity contribution in [2.24, 2.45) is 11.8 Å². The Labute approximate surface area is 238 Å². The first kappa shape index (κ1) is 29.8. The number of fused-ring (bicyclic) bond motifs is 1. The minimum atomic E-state index is -2.18. The summed E-state index contributed by atoms with van der Waals surface area (Å²) >= 11 is 0. The van der Waals surface area contributed by atoms with E-state index in [0.29, 0.717) is 15.4 Å². The van der Waals surface area contributed by atoms with Gasteiger partial charge in [0.1, 0.15) is 12.3 Å². The predicted molar refractivity (Wildman–Crippen MR) is 154 cm³/mol. The SMILES string of the molecule is C[C@@H](O[Si](C)(C)C(C)(C)C)[C@H]1C(=O)N2C(C(=O)OCc3ccc([N+](=O)[O-])cc3)=C(S(=O)c3ccccc3)[C@H](C)[C@H]12. The Balaban J connectivity index is 1.63. The molecule has 9 nitrogen and oxygen atoms in total. The summed E-state index contributed by atoms with van der Waals surface area (Å²) in [4.78, 5) is 39.9. The smallest absolute Gasteiger partial charge is 0.356 e. The molecule has 0 saturated carbocycles. The maximum absolute atomic E-state index is 13.8. The summed E-state index contributed by atoms with van der Waals surface area (Å²) in [6.45, 7) is 14.3. The van der Waals surface area contributed by atoms with Crippen LogP contribution in [0.4, 0.5) is 5.69 Å². The molecule has 214 valence electrons. The van der Waals surface area contributed by atoms with Crippen LogP contribution < -0.4 is 0 Å². The zero-order valence-electron chi connectivity index (χ0n) is 23.9. The maximum Gasteiger partial charge on any atom is 0.356 e. The van der Waals surface area contributed by atoms with E-state index in [-0.39, 0.29) is 47.0 Å². The molecular weight excluding hydrogens is 548 g/mol. The second-order valence-corrected chi connectivity index (χ2v) is 18.1. The number of non-ortho nitro benzene ring substituents is 1. The van der Waals surface area contributed by atoms with Gasteiger partial charge >= 0.3 is 5.97 Å². The van der Waals surface area contributed by atoms with E-state index < -0.39 is 35.9 Å². The molecule has 2 aromatic carbocycles. The van der Waals surface area contributed by atoms with Gasteiger partial charge in [0, 0.05) is 22.9 Å². The van der Waals surface area contributed by atoms with Gasteiger partial charge < -0.3 is 14.1 Å². The van der Waals surface area contributed by atoms with Gasteiger partial charge in [-0.15, -0.1) is 0 Å². The summed E-state index contributed by atoms with van der Waals surface area (Å²) in [7, 11) is -3.87. The summed E-state index contributed by atoms with van der Waals surface area (Å²) in [5.41, 5.74) is 0.497. The predicted octanol–water partition coefficient (Wildman–Crippen LogP) is 5.54. The molecule has 11 heteroatoms. The van der Waals surface area contributed by atoms with Crippen LogP contribution >= 0.6 is 0 Å². The molecule has 0 bridgehead atoms. The van der Waals surface area contributed by atoms with Crippen LogP contribution in [0.5, 0.6) is 0 Å². The number of rotatable bonds is 9. The zero-order valence-corrected chi connectivity index (χ0v) is 25.7. The van der Waals surface area contributed by atoms with Gasteiger partial charge in [-0.1, -0.05) is 45.9 Å². The van der Waals surface area contributed by atoms with Crippen molar-refractivity contribution in [2.75, 3.05) is 0 Å². The highest BCUT2D eigenvalue weighted by atomic mass is 32.2. The Morgan fingerprint density at radius 2 is 1.73 bits per heavy atom. The van der Waals surface area contributed by atoms with Crippen molar-refractivity contribution >= 4 is 36.7 Å². The van der Waals surface area contributed by atoms with Gasteiger partial charge in [-0.25, -0.2) is 9.00 Å². The van der Waals surface area contributed by atoms with E-state index in [1.54, 1.807) is 24.3 Å². The van der Waals surface area contributed by atoms with Gasteiger partial charge in [0.25, 0.3) is 5.69 Å². The standard InChI is InChI=1S/C29H36N2O7SSi/c1-18-24-23(19(2)38-40(6,7)29(3,4)5)27(32)30(24)25(26(18)39(36)22-11-9-8-10-12-22)28(33)37-17-20-13-15-21(16-14-20)31(34)35/h8-16,18-19,23-24H,17H2,1-7H3/t18-,19-,23-,24-,39?/m1/s1. The number of nitro groups is 1. The number of hydrogen-bond donors (Lipinski definition) is 0.